The Morgan fingerprint density at radius 1 is 1.00 bits per heavy atom. The first-order valence-corrected chi connectivity index (χ1v) is 5.36. The van der Waals surface area contributed by atoms with Crippen LogP contribution in [0.5, 0.6) is 0 Å². The third kappa shape index (κ3) is 1.93. The molecule has 14 heavy (non-hydrogen) atoms. The smallest absolute Gasteiger partial charge is 0.115 e. The van der Waals surface area contributed by atoms with Crippen LogP contribution in [-0.2, 0) is 5.54 Å². The van der Waals surface area contributed by atoms with Crippen LogP contribution in [0.4, 0.5) is 0 Å². The Morgan fingerprint density at radius 2 is 1.57 bits per heavy atom. The molecule has 0 atom stereocenters. The molecule has 1 aliphatic carbocycles. The Kier molecular flexibility index (Phi) is 2.77. The fraction of sp³-hybridized carbons (Fsp3) is 0.636. The maximum absolute atomic E-state index is 6.40. The Labute approximate surface area is 84.8 Å². The van der Waals surface area contributed by atoms with E-state index < -0.39 is 0 Å². The molecule has 76 valence electrons. The van der Waals surface area contributed by atoms with E-state index in [1.54, 1.807) is 6.33 Å². The van der Waals surface area contributed by atoms with E-state index in [1.165, 1.54) is 25.7 Å². The van der Waals surface area contributed by atoms with Crippen LogP contribution in [0.25, 0.3) is 0 Å². The van der Waals surface area contributed by atoms with Crippen molar-refractivity contribution in [2.45, 2.75) is 44.1 Å². The Balaban J connectivity index is 2.21. The molecule has 2 rings (SSSR count). The molecule has 1 fully saturated rings. The van der Waals surface area contributed by atoms with Gasteiger partial charge < -0.3 is 5.73 Å². The summed E-state index contributed by atoms with van der Waals surface area (Å²) < 4.78 is 0. The van der Waals surface area contributed by atoms with Gasteiger partial charge in [-0.2, -0.15) is 0 Å². The summed E-state index contributed by atoms with van der Waals surface area (Å²) in [4.78, 5) is 8.09. The van der Waals surface area contributed by atoms with E-state index in [9.17, 15) is 0 Å². The second kappa shape index (κ2) is 4.05. The number of aromatic nitrogens is 2. The van der Waals surface area contributed by atoms with Gasteiger partial charge in [0.05, 0.1) is 0 Å². The lowest BCUT2D eigenvalue weighted by Crippen LogP contribution is -2.36. The van der Waals surface area contributed by atoms with Crippen molar-refractivity contribution in [1.82, 2.24) is 9.97 Å². The highest BCUT2D eigenvalue weighted by atomic mass is 14.8. The molecule has 0 radical (unpaired) electrons. The maximum Gasteiger partial charge on any atom is 0.115 e. The number of hydrogen-bond donors (Lipinski definition) is 1. The number of nitrogens with two attached hydrogens (primary N) is 1. The minimum atomic E-state index is -0.169. The molecule has 0 bridgehead atoms. The van der Waals surface area contributed by atoms with Crippen LogP contribution in [0.3, 0.4) is 0 Å². The van der Waals surface area contributed by atoms with Gasteiger partial charge in [0.2, 0.25) is 0 Å². The van der Waals surface area contributed by atoms with Crippen molar-refractivity contribution in [3.63, 3.8) is 0 Å². The first-order chi connectivity index (χ1) is 6.81. The van der Waals surface area contributed by atoms with Crippen molar-refractivity contribution in [1.29, 1.82) is 0 Å². The predicted molar refractivity (Wildman–Crippen MR) is 55.6 cm³/mol. The Morgan fingerprint density at radius 3 is 2.14 bits per heavy atom. The molecular formula is C11H17N3. The standard InChI is InChI=1S/C11H17N3/c12-11(5-3-1-2-4-6-11)10-7-13-9-14-8-10/h7-9H,1-6,12H2. The largest absolute Gasteiger partial charge is 0.321 e. The average molecular weight is 191 g/mol. The molecule has 2 N–H and O–H groups in total. The first-order valence-electron chi connectivity index (χ1n) is 5.36. The SMILES string of the molecule is NC1(c2cncnc2)CCCCCC1. The van der Waals surface area contributed by atoms with E-state index in [-0.39, 0.29) is 5.54 Å². The lowest BCUT2D eigenvalue weighted by atomic mass is 9.86. The van der Waals surface area contributed by atoms with Crippen LogP contribution in [0.1, 0.15) is 44.1 Å². The van der Waals surface area contributed by atoms with Crippen molar-refractivity contribution in [2.24, 2.45) is 5.73 Å². The van der Waals surface area contributed by atoms with Crippen LogP contribution >= 0.6 is 0 Å². The summed E-state index contributed by atoms with van der Waals surface area (Å²) in [6.45, 7) is 0. The van der Waals surface area contributed by atoms with Gasteiger partial charge in [-0.1, -0.05) is 25.7 Å². The lowest BCUT2D eigenvalue weighted by Gasteiger charge is -2.27. The third-order valence-corrected chi connectivity index (χ3v) is 3.13. The normalized spacial score (nSPS) is 21.5. The van der Waals surface area contributed by atoms with Gasteiger partial charge >= 0.3 is 0 Å². The molecule has 1 saturated carbocycles. The summed E-state index contributed by atoms with van der Waals surface area (Å²) >= 11 is 0. The Bertz CT molecular complexity index is 276. The molecule has 1 aromatic rings. The zero-order chi connectivity index (χ0) is 9.86. The zero-order valence-corrected chi connectivity index (χ0v) is 8.45. The minimum Gasteiger partial charge on any atom is -0.321 e. The number of nitrogens with zero attached hydrogens (tertiary/aromatic N) is 2. The van der Waals surface area contributed by atoms with Gasteiger partial charge in [-0.3, -0.25) is 0 Å². The van der Waals surface area contributed by atoms with Crippen LogP contribution < -0.4 is 5.73 Å². The van der Waals surface area contributed by atoms with E-state index in [2.05, 4.69) is 9.97 Å². The van der Waals surface area contributed by atoms with E-state index in [1.807, 2.05) is 12.4 Å². The monoisotopic (exact) mass is 191 g/mol. The molecule has 0 saturated heterocycles. The lowest BCUT2D eigenvalue weighted by molar-refractivity contribution is 0.383. The fourth-order valence-electron chi connectivity index (χ4n) is 2.20. The van der Waals surface area contributed by atoms with E-state index in [4.69, 9.17) is 5.73 Å². The average Bonchev–Trinajstić information content (AvgIpc) is 2.46. The van der Waals surface area contributed by atoms with E-state index in [0.717, 1.165) is 18.4 Å². The van der Waals surface area contributed by atoms with Gasteiger partial charge in [0, 0.05) is 23.5 Å². The molecule has 3 heteroatoms. The molecule has 1 aromatic heterocycles. The maximum atomic E-state index is 6.40. The molecule has 1 heterocycles. The second-order valence-electron chi connectivity index (χ2n) is 4.20. The molecule has 0 aromatic carbocycles. The number of rotatable bonds is 1. The first kappa shape index (κ1) is 9.59. The van der Waals surface area contributed by atoms with E-state index >= 15 is 0 Å². The van der Waals surface area contributed by atoms with Crippen molar-refractivity contribution in [3.8, 4) is 0 Å². The minimum absolute atomic E-state index is 0.169. The Hall–Kier alpha value is -0.960. The van der Waals surface area contributed by atoms with Crippen LogP contribution in [-0.4, -0.2) is 9.97 Å². The molecular weight excluding hydrogens is 174 g/mol. The topological polar surface area (TPSA) is 51.8 Å². The predicted octanol–water partition coefficient (Wildman–Crippen LogP) is 1.98. The quantitative estimate of drug-likeness (QED) is 0.690. The molecule has 0 unspecified atom stereocenters. The summed E-state index contributed by atoms with van der Waals surface area (Å²) in [6, 6.07) is 0. The van der Waals surface area contributed by atoms with Crippen LogP contribution in [0, 0.1) is 0 Å². The van der Waals surface area contributed by atoms with Crippen molar-refractivity contribution < 1.29 is 0 Å². The summed E-state index contributed by atoms with van der Waals surface area (Å²) in [5, 5.41) is 0. The summed E-state index contributed by atoms with van der Waals surface area (Å²) in [5.74, 6) is 0. The summed E-state index contributed by atoms with van der Waals surface area (Å²) in [5.41, 5.74) is 7.33. The van der Waals surface area contributed by atoms with Crippen molar-refractivity contribution >= 4 is 0 Å². The van der Waals surface area contributed by atoms with Gasteiger partial charge in [0.15, 0.2) is 0 Å². The van der Waals surface area contributed by atoms with Crippen molar-refractivity contribution in [2.75, 3.05) is 0 Å². The molecule has 3 nitrogen and oxygen atoms in total. The zero-order valence-electron chi connectivity index (χ0n) is 8.45. The fourth-order valence-corrected chi connectivity index (χ4v) is 2.20. The second-order valence-corrected chi connectivity index (χ2v) is 4.20. The third-order valence-electron chi connectivity index (χ3n) is 3.13. The van der Waals surface area contributed by atoms with Gasteiger partial charge in [-0.05, 0) is 12.8 Å². The highest BCUT2D eigenvalue weighted by Gasteiger charge is 2.28. The van der Waals surface area contributed by atoms with Crippen LogP contribution in [0.15, 0.2) is 18.7 Å². The van der Waals surface area contributed by atoms with Gasteiger partial charge in [-0.25, -0.2) is 9.97 Å². The van der Waals surface area contributed by atoms with Gasteiger partial charge in [0.25, 0.3) is 0 Å². The van der Waals surface area contributed by atoms with Gasteiger partial charge in [0.1, 0.15) is 6.33 Å². The highest BCUT2D eigenvalue weighted by Crippen LogP contribution is 2.32. The van der Waals surface area contributed by atoms with Crippen LogP contribution in [0.2, 0.25) is 0 Å². The molecule has 0 aliphatic heterocycles. The molecule has 0 amide bonds. The molecule has 0 spiro atoms. The summed E-state index contributed by atoms with van der Waals surface area (Å²) in [7, 11) is 0. The van der Waals surface area contributed by atoms with Gasteiger partial charge in [-0.15, -0.1) is 0 Å². The highest BCUT2D eigenvalue weighted by molar-refractivity contribution is 5.16. The van der Waals surface area contributed by atoms with Crippen molar-refractivity contribution in [3.05, 3.63) is 24.3 Å². The summed E-state index contributed by atoms with van der Waals surface area (Å²) in [6.07, 6.45) is 12.5. The molecule has 1 aliphatic rings. The number of hydrogen-bond acceptors (Lipinski definition) is 3. The van der Waals surface area contributed by atoms with E-state index in [0.29, 0.717) is 0 Å².